The van der Waals surface area contributed by atoms with Gasteiger partial charge < -0.3 is 4.74 Å². The molecule has 0 aliphatic carbocycles. The van der Waals surface area contributed by atoms with Crippen molar-refractivity contribution in [3.05, 3.63) is 21.9 Å². The van der Waals surface area contributed by atoms with Crippen molar-refractivity contribution in [2.45, 2.75) is 44.2 Å². The number of hydrazine groups is 1. The Balaban J connectivity index is 1.76. The summed E-state index contributed by atoms with van der Waals surface area (Å²) < 4.78 is 6.20. The summed E-state index contributed by atoms with van der Waals surface area (Å²) in [6, 6.07) is 0.275. The van der Waals surface area contributed by atoms with Crippen LogP contribution in [-0.2, 0) is 4.74 Å². The number of ether oxygens (including phenoxy) is 1. The maximum atomic E-state index is 6.20. The highest BCUT2D eigenvalue weighted by atomic mass is 32.2. The first kappa shape index (κ1) is 14.9. The van der Waals surface area contributed by atoms with Gasteiger partial charge in [0.15, 0.2) is 0 Å². The van der Waals surface area contributed by atoms with Gasteiger partial charge in [-0.25, -0.2) is 0 Å². The molecule has 2 aliphatic rings. The molecule has 2 fully saturated rings. The van der Waals surface area contributed by atoms with Crippen LogP contribution < -0.4 is 11.3 Å². The third-order valence-corrected chi connectivity index (χ3v) is 6.68. The number of thioether (sulfide) groups is 1. The molecule has 0 amide bonds. The van der Waals surface area contributed by atoms with E-state index in [1.165, 1.54) is 35.5 Å². The number of thiophene rings is 1. The molecule has 2 atom stereocenters. The fourth-order valence-electron chi connectivity index (χ4n) is 3.61. The van der Waals surface area contributed by atoms with Crippen molar-refractivity contribution in [3.63, 3.8) is 0 Å². The number of nitrogens with one attached hydrogen (secondary N) is 1. The summed E-state index contributed by atoms with van der Waals surface area (Å²) in [5.74, 6) is 8.96. The van der Waals surface area contributed by atoms with Gasteiger partial charge in [-0.3, -0.25) is 11.3 Å². The van der Waals surface area contributed by atoms with Gasteiger partial charge in [0.2, 0.25) is 0 Å². The summed E-state index contributed by atoms with van der Waals surface area (Å²) in [4.78, 5) is 0. The van der Waals surface area contributed by atoms with Crippen molar-refractivity contribution in [1.82, 2.24) is 5.43 Å². The molecule has 3 nitrogen and oxygen atoms in total. The molecule has 2 unspecified atom stereocenters. The first-order valence-corrected chi connectivity index (χ1v) is 9.54. The van der Waals surface area contributed by atoms with Gasteiger partial charge in [0.1, 0.15) is 0 Å². The molecule has 1 aromatic rings. The van der Waals surface area contributed by atoms with E-state index in [0.717, 1.165) is 19.4 Å². The second kappa shape index (κ2) is 6.36. The Labute approximate surface area is 129 Å². The summed E-state index contributed by atoms with van der Waals surface area (Å²) in [5, 5.41) is 4.46. The maximum Gasteiger partial charge on any atom is 0.0701 e. The SMILES string of the molecule is Cc1cscc1C(NN)C1CCOC2(CCSCC2)C1. The molecule has 20 heavy (non-hydrogen) atoms. The lowest BCUT2D eigenvalue weighted by Crippen LogP contribution is -2.46. The summed E-state index contributed by atoms with van der Waals surface area (Å²) in [6.07, 6.45) is 4.67. The van der Waals surface area contributed by atoms with E-state index < -0.39 is 0 Å². The van der Waals surface area contributed by atoms with E-state index in [9.17, 15) is 0 Å². The van der Waals surface area contributed by atoms with Gasteiger partial charge in [0, 0.05) is 6.61 Å². The van der Waals surface area contributed by atoms with Gasteiger partial charge in [-0.05, 0) is 71.9 Å². The Morgan fingerprint density at radius 3 is 2.85 bits per heavy atom. The molecule has 2 saturated heterocycles. The van der Waals surface area contributed by atoms with E-state index in [2.05, 4.69) is 34.9 Å². The lowest BCUT2D eigenvalue weighted by atomic mass is 9.77. The molecule has 1 aromatic heterocycles. The van der Waals surface area contributed by atoms with Gasteiger partial charge in [0.05, 0.1) is 11.6 Å². The molecule has 0 radical (unpaired) electrons. The van der Waals surface area contributed by atoms with Crippen molar-refractivity contribution in [3.8, 4) is 0 Å². The molecule has 3 heterocycles. The van der Waals surface area contributed by atoms with E-state index in [1.807, 2.05) is 0 Å². The molecule has 3 N–H and O–H groups in total. The largest absolute Gasteiger partial charge is 0.375 e. The normalized spacial score (nSPS) is 27.6. The van der Waals surface area contributed by atoms with E-state index in [4.69, 9.17) is 10.6 Å². The van der Waals surface area contributed by atoms with E-state index >= 15 is 0 Å². The predicted molar refractivity (Wildman–Crippen MR) is 87.1 cm³/mol. The standard InChI is InChI=1S/C15H24N2OS2/c1-11-9-20-10-13(11)14(17-16)12-2-5-18-15(8-12)3-6-19-7-4-15/h9-10,12,14,17H,2-8,16H2,1H3. The molecule has 3 rings (SSSR count). The highest BCUT2D eigenvalue weighted by Gasteiger charge is 2.41. The average molecular weight is 313 g/mol. The van der Waals surface area contributed by atoms with Crippen LogP contribution in [0.4, 0.5) is 0 Å². The zero-order valence-corrected chi connectivity index (χ0v) is 13.7. The lowest BCUT2D eigenvalue weighted by molar-refractivity contribution is -0.107. The number of nitrogens with two attached hydrogens (primary N) is 1. The second-order valence-electron chi connectivity index (χ2n) is 6.05. The van der Waals surface area contributed by atoms with Gasteiger partial charge >= 0.3 is 0 Å². The minimum Gasteiger partial charge on any atom is -0.375 e. The molecular formula is C15H24N2OS2. The zero-order valence-electron chi connectivity index (χ0n) is 12.1. The van der Waals surface area contributed by atoms with Crippen LogP contribution in [0.25, 0.3) is 0 Å². The molecule has 0 aromatic carbocycles. The highest BCUT2D eigenvalue weighted by Crippen LogP contribution is 2.44. The summed E-state index contributed by atoms with van der Waals surface area (Å²) >= 11 is 3.83. The minimum atomic E-state index is 0.132. The topological polar surface area (TPSA) is 47.3 Å². The van der Waals surface area contributed by atoms with E-state index in [1.54, 1.807) is 11.3 Å². The van der Waals surface area contributed by atoms with E-state index in [0.29, 0.717) is 5.92 Å². The second-order valence-corrected chi connectivity index (χ2v) is 8.02. The summed E-state index contributed by atoms with van der Waals surface area (Å²) in [7, 11) is 0. The van der Waals surface area contributed by atoms with Crippen LogP contribution in [0.5, 0.6) is 0 Å². The van der Waals surface area contributed by atoms with Crippen LogP contribution in [0, 0.1) is 12.8 Å². The quantitative estimate of drug-likeness (QED) is 0.664. The van der Waals surface area contributed by atoms with Gasteiger partial charge in [0.25, 0.3) is 0 Å². The maximum absolute atomic E-state index is 6.20. The highest BCUT2D eigenvalue weighted by molar-refractivity contribution is 7.99. The van der Waals surface area contributed by atoms with Crippen LogP contribution in [0.1, 0.15) is 42.9 Å². The number of aryl methyl sites for hydroxylation is 1. The molecule has 112 valence electrons. The smallest absolute Gasteiger partial charge is 0.0701 e. The molecule has 5 heteroatoms. The van der Waals surface area contributed by atoms with Crippen molar-refractivity contribution in [1.29, 1.82) is 0 Å². The summed E-state index contributed by atoms with van der Waals surface area (Å²) in [6.45, 7) is 3.07. The molecule has 1 spiro atoms. The van der Waals surface area contributed by atoms with Crippen LogP contribution in [-0.4, -0.2) is 23.7 Å². The molecule has 0 bridgehead atoms. The lowest BCUT2D eigenvalue weighted by Gasteiger charge is -2.45. The van der Waals surface area contributed by atoms with Gasteiger partial charge in [-0.15, -0.1) is 0 Å². The average Bonchev–Trinajstić information content (AvgIpc) is 2.87. The number of hydrogen-bond acceptors (Lipinski definition) is 5. The molecule has 0 saturated carbocycles. The third kappa shape index (κ3) is 2.92. The zero-order chi connectivity index (χ0) is 14.0. The Morgan fingerprint density at radius 2 is 2.20 bits per heavy atom. The molecule has 2 aliphatic heterocycles. The van der Waals surface area contributed by atoms with Gasteiger partial charge in [-0.2, -0.15) is 23.1 Å². The monoisotopic (exact) mass is 312 g/mol. The predicted octanol–water partition coefficient (Wildman–Crippen LogP) is 3.25. The van der Waals surface area contributed by atoms with Gasteiger partial charge in [-0.1, -0.05) is 0 Å². The van der Waals surface area contributed by atoms with Crippen LogP contribution in [0.2, 0.25) is 0 Å². The Bertz CT molecular complexity index is 437. The Morgan fingerprint density at radius 1 is 1.40 bits per heavy atom. The van der Waals surface area contributed by atoms with Crippen molar-refractivity contribution >= 4 is 23.1 Å². The van der Waals surface area contributed by atoms with Crippen molar-refractivity contribution in [2.75, 3.05) is 18.1 Å². The van der Waals surface area contributed by atoms with Crippen LogP contribution >= 0.6 is 23.1 Å². The summed E-state index contributed by atoms with van der Waals surface area (Å²) in [5.41, 5.74) is 5.95. The first-order valence-electron chi connectivity index (χ1n) is 7.45. The third-order valence-electron chi connectivity index (χ3n) is 4.82. The van der Waals surface area contributed by atoms with Crippen LogP contribution in [0.3, 0.4) is 0 Å². The number of hydrogen-bond donors (Lipinski definition) is 2. The first-order chi connectivity index (χ1) is 9.74. The van der Waals surface area contributed by atoms with Crippen molar-refractivity contribution in [2.24, 2.45) is 11.8 Å². The fraction of sp³-hybridized carbons (Fsp3) is 0.733. The minimum absolute atomic E-state index is 0.132. The van der Waals surface area contributed by atoms with E-state index in [-0.39, 0.29) is 11.6 Å². The number of rotatable bonds is 3. The fourth-order valence-corrected chi connectivity index (χ4v) is 5.73. The Kier molecular flexibility index (Phi) is 4.72. The Hall–Kier alpha value is -0.0700. The van der Waals surface area contributed by atoms with Crippen LogP contribution in [0.15, 0.2) is 10.8 Å². The molecular weight excluding hydrogens is 288 g/mol. The van der Waals surface area contributed by atoms with Crippen molar-refractivity contribution < 1.29 is 4.74 Å².